The summed E-state index contributed by atoms with van der Waals surface area (Å²) in [4.78, 5) is 4.33. The number of allylic oxidation sites excluding steroid dienone is 2. The molecule has 2 nitrogen and oxygen atoms in total. The van der Waals surface area contributed by atoms with E-state index in [-0.39, 0.29) is 0 Å². The second-order valence-corrected chi connectivity index (χ2v) is 4.00. The fraction of sp³-hybridized carbons (Fsp3) is 0.222. The van der Waals surface area contributed by atoms with Gasteiger partial charge in [0.25, 0.3) is 0 Å². The third kappa shape index (κ3) is 2.31. The first kappa shape index (κ1) is 10.7. The molecule has 13 heavy (non-hydrogen) atoms. The van der Waals surface area contributed by atoms with Crippen molar-refractivity contribution in [3.8, 4) is 0 Å². The summed E-state index contributed by atoms with van der Waals surface area (Å²) in [5, 5.41) is 0. The zero-order valence-electron chi connectivity index (χ0n) is 7.13. The van der Waals surface area contributed by atoms with Crippen LogP contribution in [0, 0.1) is 0 Å². The highest BCUT2D eigenvalue weighted by atomic mass is 79.9. The molecule has 1 heterocycles. The Bertz CT molecular complexity index is 329. The van der Waals surface area contributed by atoms with Gasteiger partial charge in [-0.05, 0) is 31.9 Å². The lowest BCUT2D eigenvalue weighted by molar-refractivity contribution is 0.748. The minimum absolute atomic E-state index is 0.752. The number of hydrogen-bond donors (Lipinski definition) is 0. The van der Waals surface area contributed by atoms with Crippen LogP contribution in [-0.4, -0.2) is 9.55 Å². The van der Waals surface area contributed by atoms with Gasteiger partial charge in [-0.3, -0.25) is 0 Å². The van der Waals surface area contributed by atoms with Crippen molar-refractivity contribution < 1.29 is 0 Å². The molecule has 0 N–H and O–H groups in total. The fourth-order valence-electron chi connectivity index (χ4n) is 1.04. The van der Waals surface area contributed by atoms with Crippen molar-refractivity contribution in [2.45, 2.75) is 13.0 Å². The molecule has 1 aromatic rings. The molecular weight excluding hydrogens is 296 g/mol. The van der Waals surface area contributed by atoms with Gasteiger partial charge in [0.05, 0.1) is 0 Å². The fourth-order valence-corrected chi connectivity index (χ4v) is 1.90. The van der Waals surface area contributed by atoms with Crippen molar-refractivity contribution in [2.75, 3.05) is 0 Å². The van der Waals surface area contributed by atoms with E-state index in [1.807, 2.05) is 16.7 Å². The van der Waals surface area contributed by atoms with Gasteiger partial charge in [-0.25, -0.2) is 4.98 Å². The summed E-state index contributed by atoms with van der Waals surface area (Å²) in [7, 11) is 0. The highest BCUT2D eigenvalue weighted by molar-refractivity contribution is 9.13. The zero-order valence-corrected chi connectivity index (χ0v) is 10.3. The van der Waals surface area contributed by atoms with E-state index in [2.05, 4.69) is 50.0 Å². The van der Waals surface area contributed by atoms with E-state index in [1.165, 1.54) is 0 Å². The van der Waals surface area contributed by atoms with E-state index >= 15 is 0 Å². The van der Waals surface area contributed by atoms with Crippen LogP contribution in [0.2, 0.25) is 0 Å². The summed E-state index contributed by atoms with van der Waals surface area (Å²) in [6, 6.07) is 0. The van der Waals surface area contributed by atoms with Crippen LogP contribution in [0.25, 0.3) is 0 Å². The van der Waals surface area contributed by atoms with E-state index < -0.39 is 0 Å². The van der Waals surface area contributed by atoms with Crippen molar-refractivity contribution in [2.24, 2.45) is 0 Å². The van der Waals surface area contributed by atoms with Gasteiger partial charge in [-0.15, -0.1) is 13.2 Å². The Kier molecular flexibility index (Phi) is 3.93. The van der Waals surface area contributed by atoms with E-state index in [0.717, 1.165) is 28.0 Å². The molecule has 0 amide bonds. The van der Waals surface area contributed by atoms with Crippen molar-refractivity contribution in [1.82, 2.24) is 9.55 Å². The van der Waals surface area contributed by atoms with Gasteiger partial charge in [0.2, 0.25) is 0 Å². The molecule has 0 saturated carbocycles. The van der Waals surface area contributed by atoms with Crippen LogP contribution >= 0.6 is 31.9 Å². The quantitative estimate of drug-likeness (QED) is 0.780. The molecule has 1 rings (SSSR count). The molecule has 0 unspecified atom stereocenters. The van der Waals surface area contributed by atoms with Gasteiger partial charge in [0.1, 0.15) is 15.0 Å². The van der Waals surface area contributed by atoms with Crippen molar-refractivity contribution in [3.63, 3.8) is 0 Å². The molecule has 0 aromatic carbocycles. The van der Waals surface area contributed by atoms with Crippen molar-refractivity contribution in [3.05, 3.63) is 40.3 Å². The summed E-state index contributed by atoms with van der Waals surface area (Å²) < 4.78 is 3.81. The highest BCUT2D eigenvalue weighted by Gasteiger charge is 2.10. The summed E-state index contributed by atoms with van der Waals surface area (Å²) >= 11 is 6.80. The SMILES string of the molecule is C=CCc1nc(Br)c(Br)n1CC=C. The largest absolute Gasteiger partial charge is 0.318 e. The molecule has 0 aliphatic rings. The minimum atomic E-state index is 0.752. The highest BCUT2D eigenvalue weighted by Crippen LogP contribution is 2.24. The first-order valence-corrected chi connectivity index (χ1v) is 5.41. The lowest BCUT2D eigenvalue weighted by Gasteiger charge is -2.03. The molecule has 0 saturated heterocycles. The van der Waals surface area contributed by atoms with Crippen molar-refractivity contribution >= 4 is 31.9 Å². The monoisotopic (exact) mass is 304 g/mol. The van der Waals surface area contributed by atoms with Crippen LogP contribution in [0.3, 0.4) is 0 Å². The second kappa shape index (κ2) is 4.77. The predicted octanol–water partition coefficient (Wildman–Crippen LogP) is 3.32. The summed E-state index contributed by atoms with van der Waals surface area (Å²) in [5.41, 5.74) is 0. The molecule has 0 atom stereocenters. The van der Waals surface area contributed by atoms with Gasteiger partial charge in [-0.1, -0.05) is 12.2 Å². The van der Waals surface area contributed by atoms with Gasteiger partial charge in [0.15, 0.2) is 0 Å². The van der Waals surface area contributed by atoms with E-state index in [1.54, 1.807) is 0 Å². The molecule has 0 fully saturated rings. The standard InChI is InChI=1S/C9H10Br2N2/c1-3-5-7-12-8(10)9(11)13(7)6-4-2/h3-4H,1-2,5-6H2. The average Bonchev–Trinajstić information content (AvgIpc) is 2.34. The maximum absolute atomic E-state index is 4.33. The predicted molar refractivity (Wildman–Crippen MR) is 61.7 cm³/mol. The molecule has 4 heteroatoms. The summed E-state index contributed by atoms with van der Waals surface area (Å²) in [6.45, 7) is 8.14. The third-order valence-corrected chi connectivity index (χ3v) is 3.47. The first-order chi connectivity index (χ1) is 6.20. The Morgan fingerprint density at radius 2 is 2.00 bits per heavy atom. The third-order valence-electron chi connectivity index (χ3n) is 1.58. The molecule has 1 aromatic heterocycles. The molecule has 0 bridgehead atoms. The van der Waals surface area contributed by atoms with E-state index in [4.69, 9.17) is 0 Å². The Balaban J connectivity index is 3.09. The lowest BCUT2D eigenvalue weighted by atomic mass is 10.4. The van der Waals surface area contributed by atoms with E-state index in [9.17, 15) is 0 Å². The van der Waals surface area contributed by atoms with Crippen LogP contribution in [0.15, 0.2) is 34.5 Å². The summed E-state index contributed by atoms with van der Waals surface area (Å²) in [6.07, 6.45) is 4.43. The molecule has 70 valence electrons. The maximum atomic E-state index is 4.33. The minimum Gasteiger partial charge on any atom is -0.318 e. The lowest BCUT2D eigenvalue weighted by Crippen LogP contribution is -2.01. The van der Waals surface area contributed by atoms with Gasteiger partial charge >= 0.3 is 0 Å². The zero-order chi connectivity index (χ0) is 9.84. The molecule has 0 spiro atoms. The van der Waals surface area contributed by atoms with Gasteiger partial charge in [-0.2, -0.15) is 0 Å². The maximum Gasteiger partial charge on any atom is 0.139 e. The second-order valence-electron chi connectivity index (χ2n) is 2.50. The molecule has 0 radical (unpaired) electrons. The number of hydrogen-bond acceptors (Lipinski definition) is 1. The van der Waals surface area contributed by atoms with Crippen LogP contribution in [-0.2, 0) is 13.0 Å². The van der Waals surface area contributed by atoms with Crippen LogP contribution in [0.1, 0.15) is 5.82 Å². The topological polar surface area (TPSA) is 17.8 Å². The average molecular weight is 306 g/mol. The molecular formula is C9H10Br2N2. The Morgan fingerprint density at radius 1 is 1.31 bits per heavy atom. The van der Waals surface area contributed by atoms with Gasteiger partial charge in [0, 0.05) is 13.0 Å². The summed E-state index contributed by atoms with van der Waals surface area (Å²) in [5.74, 6) is 0.980. The number of halogens is 2. The Labute approximate surface area is 94.6 Å². The Hall–Kier alpha value is -0.350. The smallest absolute Gasteiger partial charge is 0.139 e. The van der Waals surface area contributed by atoms with Crippen LogP contribution in [0.5, 0.6) is 0 Å². The Morgan fingerprint density at radius 3 is 2.54 bits per heavy atom. The molecule has 0 aliphatic heterocycles. The van der Waals surface area contributed by atoms with Crippen molar-refractivity contribution in [1.29, 1.82) is 0 Å². The van der Waals surface area contributed by atoms with Gasteiger partial charge < -0.3 is 4.57 Å². The first-order valence-electron chi connectivity index (χ1n) is 3.83. The van der Waals surface area contributed by atoms with Crippen LogP contribution < -0.4 is 0 Å². The molecule has 0 aliphatic carbocycles. The number of nitrogens with zero attached hydrogens (tertiary/aromatic N) is 2. The number of rotatable bonds is 4. The normalized spacial score (nSPS) is 10.0. The number of aromatic nitrogens is 2. The number of imidazole rings is 1. The van der Waals surface area contributed by atoms with Crippen LogP contribution in [0.4, 0.5) is 0 Å². The van der Waals surface area contributed by atoms with E-state index in [0.29, 0.717) is 0 Å².